The lowest BCUT2D eigenvalue weighted by atomic mass is 9.85. The summed E-state index contributed by atoms with van der Waals surface area (Å²) in [6, 6.07) is 8.72. The first-order valence-corrected chi connectivity index (χ1v) is 10.0. The van der Waals surface area contributed by atoms with E-state index in [-0.39, 0.29) is 36.4 Å². The van der Waals surface area contributed by atoms with Gasteiger partial charge in [-0.25, -0.2) is 4.99 Å². The van der Waals surface area contributed by atoms with Crippen LogP contribution in [0, 0.1) is 5.92 Å². The number of benzene rings is 1. The van der Waals surface area contributed by atoms with Gasteiger partial charge in [0.05, 0.1) is 7.11 Å². The number of hydrogen-bond donors (Lipinski definition) is 2. The lowest BCUT2D eigenvalue weighted by molar-refractivity contribution is -0.127. The van der Waals surface area contributed by atoms with Gasteiger partial charge in [0.15, 0.2) is 5.96 Å². The van der Waals surface area contributed by atoms with Crippen molar-refractivity contribution < 1.29 is 9.53 Å². The van der Waals surface area contributed by atoms with E-state index in [1.807, 2.05) is 19.1 Å². The van der Waals surface area contributed by atoms with Crippen molar-refractivity contribution in [1.82, 2.24) is 20.4 Å². The van der Waals surface area contributed by atoms with Crippen LogP contribution < -0.4 is 15.4 Å². The largest absolute Gasteiger partial charge is 0.497 e. The van der Waals surface area contributed by atoms with E-state index in [4.69, 9.17) is 4.74 Å². The Morgan fingerprint density at radius 1 is 1.28 bits per heavy atom. The van der Waals surface area contributed by atoms with Crippen LogP contribution in [0.2, 0.25) is 0 Å². The van der Waals surface area contributed by atoms with E-state index >= 15 is 0 Å². The predicted molar refractivity (Wildman–Crippen MR) is 129 cm³/mol. The van der Waals surface area contributed by atoms with Crippen LogP contribution in [0.15, 0.2) is 29.3 Å². The molecule has 2 rings (SSSR count). The molecule has 1 saturated heterocycles. The van der Waals surface area contributed by atoms with E-state index in [2.05, 4.69) is 39.7 Å². The average Bonchev–Trinajstić information content (AvgIpc) is 2.70. The third-order valence-electron chi connectivity index (χ3n) is 5.21. The van der Waals surface area contributed by atoms with Crippen molar-refractivity contribution in [3.05, 3.63) is 29.8 Å². The van der Waals surface area contributed by atoms with Crippen LogP contribution in [0.3, 0.4) is 0 Å². The molecule has 0 aromatic heterocycles. The van der Waals surface area contributed by atoms with Crippen LogP contribution in [-0.4, -0.2) is 76.1 Å². The number of ether oxygens (including phenoxy) is 1. The molecule has 0 aliphatic carbocycles. The van der Waals surface area contributed by atoms with Crippen LogP contribution in [0.25, 0.3) is 0 Å². The molecule has 1 aromatic carbocycles. The van der Waals surface area contributed by atoms with Crippen molar-refractivity contribution in [2.45, 2.75) is 25.8 Å². The first-order chi connectivity index (χ1) is 13.5. The maximum atomic E-state index is 11.8. The summed E-state index contributed by atoms with van der Waals surface area (Å²) < 4.78 is 5.30. The normalized spacial score (nSPS) is 19.8. The second-order valence-corrected chi connectivity index (χ2v) is 7.47. The number of nitrogens with zero attached hydrogens (tertiary/aromatic N) is 3. The number of nitrogens with one attached hydrogen (secondary N) is 2. The lowest BCUT2D eigenvalue weighted by Gasteiger charge is -2.40. The third kappa shape index (κ3) is 7.65. The Labute approximate surface area is 192 Å². The molecule has 1 aromatic rings. The Balaban J connectivity index is 0.00000420. The summed E-state index contributed by atoms with van der Waals surface area (Å²) in [5.74, 6) is 2.02. The van der Waals surface area contributed by atoms with E-state index in [1.54, 1.807) is 26.1 Å². The standard InChI is InChI=1S/C21H35N5O2.HI/c1-6-22-21(24-15-19(27)25(2)3)23-14-17-8-7-13-26(4)20(17)16-9-11-18(28-5)12-10-16;/h9-12,17,20H,6-8,13-15H2,1-5H3,(H2,22,23,24);1H. The van der Waals surface area contributed by atoms with E-state index in [0.29, 0.717) is 17.9 Å². The molecule has 1 aliphatic rings. The fourth-order valence-corrected chi connectivity index (χ4v) is 3.66. The fourth-order valence-electron chi connectivity index (χ4n) is 3.66. The van der Waals surface area contributed by atoms with E-state index in [9.17, 15) is 4.79 Å². The second kappa shape index (κ2) is 12.9. The maximum Gasteiger partial charge on any atom is 0.243 e. The zero-order chi connectivity index (χ0) is 20.5. The molecule has 2 atom stereocenters. The van der Waals surface area contributed by atoms with Gasteiger partial charge in [0.2, 0.25) is 5.91 Å². The summed E-state index contributed by atoms with van der Waals surface area (Å²) in [7, 11) is 7.37. The zero-order valence-corrected chi connectivity index (χ0v) is 20.6. The highest BCUT2D eigenvalue weighted by atomic mass is 127. The van der Waals surface area contributed by atoms with Crippen molar-refractivity contribution in [3.63, 3.8) is 0 Å². The minimum Gasteiger partial charge on any atom is -0.497 e. The fraction of sp³-hybridized carbons (Fsp3) is 0.619. The van der Waals surface area contributed by atoms with Crippen molar-refractivity contribution in [1.29, 1.82) is 0 Å². The number of hydrogen-bond acceptors (Lipinski definition) is 4. The number of guanidine groups is 1. The molecule has 164 valence electrons. The summed E-state index contributed by atoms with van der Waals surface area (Å²) in [5.41, 5.74) is 1.31. The molecule has 7 nitrogen and oxygen atoms in total. The summed E-state index contributed by atoms with van der Waals surface area (Å²) >= 11 is 0. The highest BCUT2D eigenvalue weighted by molar-refractivity contribution is 14.0. The molecule has 0 saturated carbocycles. The number of halogens is 1. The number of likely N-dealkylation sites (tertiary alicyclic amines) is 1. The number of methoxy groups -OCH3 is 1. The number of likely N-dealkylation sites (N-methyl/N-ethyl adjacent to an activating group) is 1. The minimum absolute atomic E-state index is 0. The Kier molecular flexibility index (Phi) is 11.3. The molecule has 1 heterocycles. The summed E-state index contributed by atoms with van der Waals surface area (Å²) in [5, 5.41) is 6.68. The van der Waals surface area contributed by atoms with Gasteiger partial charge >= 0.3 is 0 Å². The van der Waals surface area contributed by atoms with Gasteiger partial charge in [-0.1, -0.05) is 12.1 Å². The Hall–Kier alpha value is -1.55. The molecule has 1 aliphatic heterocycles. The van der Waals surface area contributed by atoms with Gasteiger partial charge in [-0.05, 0) is 57.0 Å². The van der Waals surface area contributed by atoms with E-state index in [0.717, 1.165) is 31.8 Å². The first kappa shape index (κ1) is 25.5. The molecule has 0 radical (unpaired) electrons. The lowest BCUT2D eigenvalue weighted by Crippen LogP contribution is -2.45. The maximum absolute atomic E-state index is 11.8. The molecular weight excluding hydrogens is 481 g/mol. The van der Waals surface area contributed by atoms with Crippen LogP contribution in [0.4, 0.5) is 0 Å². The minimum atomic E-state index is -0.00860. The summed E-state index contributed by atoms with van der Waals surface area (Å²) in [6.45, 7) is 4.84. The van der Waals surface area contributed by atoms with Gasteiger partial charge in [-0.15, -0.1) is 24.0 Å². The highest BCUT2D eigenvalue weighted by Crippen LogP contribution is 2.35. The molecule has 2 N–H and O–H groups in total. The first-order valence-electron chi connectivity index (χ1n) is 10.0. The van der Waals surface area contributed by atoms with E-state index < -0.39 is 0 Å². The molecule has 1 amide bonds. The molecule has 0 bridgehead atoms. The summed E-state index contributed by atoms with van der Waals surface area (Å²) in [4.78, 5) is 20.3. The van der Waals surface area contributed by atoms with Gasteiger partial charge in [0.1, 0.15) is 12.3 Å². The number of carbonyl (C=O) groups is 1. The van der Waals surface area contributed by atoms with Crippen molar-refractivity contribution in [3.8, 4) is 5.75 Å². The Bertz CT molecular complexity index is 651. The number of aliphatic imine (C=N–C) groups is 1. The van der Waals surface area contributed by atoms with Crippen LogP contribution >= 0.6 is 24.0 Å². The molecule has 0 spiro atoms. The average molecular weight is 517 g/mol. The molecule has 8 heteroatoms. The quantitative estimate of drug-likeness (QED) is 0.330. The topological polar surface area (TPSA) is 69.2 Å². The van der Waals surface area contributed by atoms with Crippen LogP contribution in [0.1, 0.15) is 31.4 Å². The van der Waals surface area contributed by atoms with Gasteiger partial charge in [0, 0.05) is 33.2 Å². The smallest absolute Gasteiger partial charge is 0.243 e. The highest BCUT2D eigenvalue weighted by Gasteiger charge is 2.30. The number of amides is 1. The predicted octanol–water partition coefficient (Wildman–Crippen LogP) is 2.34. The van der Waals surface area contributed by atoms with Crippen molar-refractivity contribution in [2.75, 3.05) is 54.4 Å². The molecule has 29 heavy (non-hydrogen) atoms. The number of piperidine rings is 1. The number of carbonyl (C=O) groups excluding carboxylic acids is 1. The second-order valence-electron chi connectivity index (χ2n) is 7.47. The Morgan fingerprint density at radius 2 is 1.97 bits per heavy atom. The van der Waals surface area contributed by atoms with Gasteiger partial charge in [-0.3, -0.25) is 9.69 Å². The SMILES string of the molecule is CCNC(=NCC(=O)N(C)C)NCC1CCCN(C)C1c1ccc(OC)cc1.I. The zero-order valence-electron chi connectivity index (χ0n) is 18.3. The van der Waals surface area contributed by atoms with Crippen molar-refractivity contribution in [2.24, 2.45) is 10.9 Å². The van der Waals surface area contributed by atoms with Crippen molar-refractivity contribution >= 4 is 35.8 Å². The Morgan fingerprint density at radius 3 is 2.55 bits per heavy atom. The number of rotatable bonds is 7. The monoisotopic (exact) mass is 517 g/mol. The van der Waals surface area contributed by atoms with Crippen LogP contribution in [0.5, 0.6) is 5.75 Å². The summed E-state index contributed by atoms with van der Waals surface area (Å²) in [6.07, 6.45) is 2.34. The molecule has 1 fully saturated rings. The van der Waals surface area contributed by atoms with Crippen LogP contribution in [-0.2, 0) is 4.79 Å². The van der Waals surface area contributed by atoms with Gasteiger partial charge in [-0.2, -0.15) is 0 Å². The van der Waals surface area contributed by atoms with Gasteiger partial charge in [0.25, 0.3) is 0 Å². The molecule has 2 unspecified atom stereocenters. The molecular formula is C21H36IN5O2. The van der Waals surface area contributed by atoms with E-state index in [1.165, 1.54) is 12.0 Å². The third-order valence-corrected chi connectivity index (χ3v) is 5.21. The van der Waals surface area contributed by atoms with Gasteiger partial charge < -0.3 is 20.3 Å².